The van der Waals surface area contributed by atoms with E-state index in [0.717, 1.165) is 50.3 Å². The molecule has 0 bridgehead atoms. The quantitative estimate of drug-likeness (QED) is 0.203. The lowest BCUT2D eigenvalue weighted by Gasteiger charge is -2.12. The normalized spacial score (nSPS) is 12.1. The van der Waals surface area contributed by atoms with Crippen LogP contribution in [0.25, 0.3) is 32.9 Å². The molecule has 0 saturated carbocycles. The molecule has 6 nitrogen and oxygen atoms in total. The number of ether oxygens (including phenoxy) is 2. The Morgan fingerprint density at radius 2 is 1.23 bits per heavy atom. The van der Waals surface area contributed by atoms with Crippen LogP contribution in [0.1, 0.15) is 11.4 Å². The van der Waals surface area contributed by atoms with Gasteiger partial charge in [-0.25, -0.2) is 0 Å². The van der Waals surface area contributed by atoms with Crippen molar-refractivity contribution < 1.29 is 23.7 Å². The van der Waals surface area contributed by atoms with Crippen molar-refractivity contribution in [3.8, 4) is 28.4 Å². The molecule has 3 heterocycles. The van der Waals surface area contributed by atoms with Crippen LogP contribution >= 0.6 is 0 Å². The zero-order valence-corrected chi connectivity index (χ0v) is 21.7. The standard InChI is InChI=1S/C33H27N3O3/c1-23-14-16-27-10-6-12-30(38-22-37-29-20-18-26(19-21-29)25-8-4-3-5-9-25)32(27)34(23)36-35-24(2)15-17-28-11-7-13-31(39-36)33(28)35/h3-21H,22H2,1-2H3/q+2. The SMILES string of the molecule is Cc1ccc2cccc(OCOc3ccc(-c4ccccc4)cc3)c2[n+]1N1Oc2cccc3ccc(C)[n+]1c23. The maximum Gasteiger partial charge on any atom is 0.297 e. The third-order valence-corrected chi connectivity index (χ3v) is 7.08. The van der Waals surface area contributed by atoms with Crippen LogP contribution in [0, 0.1) is 13.8 Å². The van der Waals surface area contributed by atoms with Gasteiger partial charge in [0.1, 0.15) is 5.75 Å². The van der Waals surface area contributed by atoms with Crippen molar-refractivity contribution in [1.29, 1.82) is 0 Å². The van der Waals surface area contributed by atoms with Gasteiger partial charge >= 0.3 is 0 Å². The average molecular weight is 514 g/mol. The molecule has 0 unspecified atom stereocenters. The molecule has 1 aliphatic heterocycles. The van der Waals surface area contributed by atoms with Gasteiger partial charge in [-0.1, -0.05) is 54.6 Å². The first-order valence-corrected chi connectivity index (χ1v) is 13.0. The molecule has 7 rings (SSSR count). The molecule has 1 aliphatic rings. The molecular weight excluding hydrogens is 486 g/mol. The summed E-state index contributed by atoms with van der Waals surface area (Å²) in [4.78, 5) is 6.43. The smallest absolute Gasteiger partial charge is 0.297 e. The molecule has 0 spiro atoms. The van der Waals surface area contributed by atoms with E-state index in [0.29, 0.717) is 5.75 Å². The van der Waals surface area contributed by atoms with E-state index >= 15 is 0 Å². The minimum Gasteiger partial charge on any atom is -0.457 e. The van der Waals surface area contributed by atoms with Crippen LogP contribution in [-0.2, 0) is 0 Å². The maximum absolute atomic E-state index is 6.43. The summed E-state index contributed by atoms with van der Waals surface area (Å²) in [5.41, 5.74) is 6.28. The van der Waals surface area contributed by atoms with Gasteiger partial charge in [-0.3, -0.25) is 4.84 Å². The van der Waals surface area contributed by atoms with Gasteiger partial charge in [0.25, 0.3) is 16.3 Å². The predicted molar refractivity (Wildman–Crippen MR) is 150 cm³/mol. The Balaban J connectivity index is 1.21. The lowest BCUT2D eigenvalue weighted by Crippen LogP contribution is -2.75. The first-order valence-electron chi connectivity index (χ1n) is 13.0. The Morgan fingerprint density at radius 3 is 1.97 bits per heavy atom. The number of fused-ring (bicyclic) bond motifs is 1. The van der Waals surface area contributed by atoms with Crippen molar-refractivity contribution in [3.05, 3.63) is 127 Å². The third kappa shape index (κ3) is 3.97. The zero-order chi connectivity index (χ0) is 26.3. The van der Waals surface area contributed by atoms with Crippen molar-refractivity contribution in [2.75, 3.05) is 12.1 Å². The Labute approximate surface area is 226 Å². The molecule has 6 aromatic rings. The zero-order valence-electron chi connectivity index (χ0n) is 21.7. The topological polar surface area (TPSA) is 38.7 Å². The number of aromatic nitrogens is 2. The number of para-hydroxylation sites is 2. The van der Waals surface area contributed by atoms with Crippen molar-refractivity contribution in [2.24, 2.45) is 0 Å². The third-order valence-electron chi connectivity index (χ3n) is 7.08. The highest BCUT2D eigenvalue weighted by Crippen LogP contribution is 2.29. The molecule has 0 radical (unpaired) electrons. The summed E-state index contributed by atoms with van der Waals surface area (Å²) >= 11 is 0. The van der Waals surface area contributed by atoms with Crippen LogP contribution < -0.4 is 28.9 Å². The first-order chi connectivity index (χ1) is 19.2. The molecule has 6 heteroatoms. The van der Waals surface area contributed by atoms with Gasteiger partial charge < -0.3 is 9.47 Å². The summed E-state index contributed by atoms with van der Waals surface area (Å²) < 4.78 is 16.4. The maximum atomic E-state index is 6.43. The van der Waals surface area contributed by atoms with E-state index in [2.05, 4.69) is 79.2 Å². The summed E-state index contributed by atoms with van der Waals surface area (Å²) in [5.74, 6) is 2.25. The van der Waals surface area contributed by atoms with Crippen molar-refractivity contribution >= 4 is 21.8 Å². The molecule has 39 heavy (non-hydrogen) atoms. The Kier molecular flexibility index (Phi) is 5.51. The fraction of sp³-hybridized carbons (Fsp3) is 0.0909. The Bertz CT molecular complexity index is 1840. The summed E-state index contributed by atoms with van der Waals surface area (Å²) in [6, 6.07) is 38.9. The highest BCUT2D eigenvalue weighted by molar-refractivity contribution is 5.83. The minimum absolute atomic E-state index is 0.0700. The van der Waals surface area contributed by atoms with E-state index in [-0.39, 0.29) is 6.79 Å². The fourth-order valence-corrected chi connectivity index (χ4v) is 5.14. The predicted octanol–water partition coefficient (Wildman–Crippen LogP) is 5.98. The van der Waals surface area contributed by atoms with E-state index in [4.69, 9.17) is 14.3 Å². The highest BCUT2D eigenvalue weighted by Gasteiger charge is 2.43. The molecule has 0 saturated heterocycles. The van der Waals surface area contributed by atoms with E-state index in [1.54, 1.807) is 5.28 Å². The summed E-state index contributed by atoms with van der Waals surface area (Å²) in [5, 5.41) is 3.94. The fourth-order valence-electron chi connectivity index (χ4n) is 5.14. The van der Waals surface area contributed by atoms with Gasteiger partial charge in [0.15, 0.2) is 5.75 Å². The highest BCUT2D eigenvalue weighted by atomic mass is 16.8. The molecule has 2 aromatic heterocycles. The van der Waals surface area contributed by atoms with Crippen LogP contribution in [0.4, 0.5) is 0 Å². The van der Waals surface area contributed by atoms with Gasteiger partial charge in [-0.15, -0.1) is 0 Å². The second-order valence-electron chi connectivity index (χ2n) is 9.60. The minimum atomic E-state index is 0.0700. The first kappa shape index (κ1) is 23.0. The molecule has 4 aromatic carbocycles. The van der Waals surface area contributed by atoms with Crippen LogP contribution in [-0.4, -0.2) is 6.79 Å². The molecule has 0 N–H and O–H groups in total. The van der Waals surface area contributed by atoms with Crippen molar-refractivity contribution in [2.45, 2.75) is 13.8 Å². The van der Waals surface area contributed by atoms with Gasteiger partial charge in [0.05, 0.1) is 10.8 Å². The van der Waals surface area contributed by atoms with Crippen molar-refractivity contribution in [1.82, 2.24) is 0 Å². The van der Waals surface area contributed by atoms with Gasteiger partial charge in [-0.05, 0) is 59.7 Å². The second-order valence-corrected chi connectivity index (χ2v) is 9.60. The number of nitrogens with zero attached hydrogens (tertiary/aromatic N) is 3. The monoisotopic (exact) mass is 513 g/mol. The average Bonchev–Trinajstić information content (AvgIpc) is 3.37. The van der Waals surface area contributed by atoms with Gasteiger partial charge in [-0.2, -0.15) is 0 Å². The molecule has 190 valence electrons. The van der Waals surface area contributed by atoms with E-state index in [9.17, 15) is 0 Å². The van der Waals surface area contributed by atoms with Crippen LogP contribution in [0.2, 0.25) is 0 Å². The lowest BCUT2D eigenvalue weighted by atomic mass is 10.1. The number of aryl methyl sites for hydroxylation is 2. The van der Waals surface area contributed by atoms with Gasteiger partial charge in [0.2, 0.25) is 23.9 Å². The molecule has 0 atom stereocenters. The van der Waals surface area contributed by atoms with Crippen LogP contribution in [0.5, 0.6) is 17.2 Å². The Morgan fingerprint density at radius 1 is 0.590 bits per heavy atom. The number of rotatable bonds is 6. The molecule has 0 aliphatic carbocycles. The molecular formula is C33H27N3O3+2. The summed E-state index contributed by atoms with van der Waals surface area (Å²) in [7, 11) is 0. The number of hydrogen-bond donors (Lipinski definition) is 0. The second kappa shape index (κ2) is 9.33. The van der Waals surface area contributed by atoms with E-state index in [1.807, 2.05) is 59.3 Å². The van der Waals surface area contributed by atoms with E-state index in [1.165, 1.54) is 5.56 Å². The van der Waals surface area contributed by atoms with Crippen molar-refractivity contribution in [3.63, 3.8) is 0 Å². The largest absolute Gasteiger partial charge is 0.457 e. The summed E-state index contributed by atoms with van der Waals surface area (Å²) in [6.07, 6.45) is 0. The number of hydrogen-bond acceptors (Lipinski definition) is 4. The van der Waals surface area contributed by atoms with Crippen LogP contribution in [0.3, 0.4) is 0 Å². The number of benzene rings is 4. The van der Waals surface area contributed by atoms with Crippen LogP contribution in [0.15, 0.2) is 115 Å². The summed E-state index contributed by atoms with van der Waals surface area (Å²) in [6.45, 7) is 4.21. The Hall–Kier alpha value is -5.10. The van der Waals surface area contributed by atoms with E-state index < -0.39 is 0 Å². The lowest BCUT2D eigenvalue weighted by molar-refractivity contribution is -0.916. The number of pyridine rings is 2. The van der Waals surface area contributed by atoms with Gasteiger partial charge in [0, 0.05) is 35.3 Å². The molecule has 0 fully saturated rings. The molecule has 0 amide bonds.